The van der Waals surface area contributed by atoms with E-state index in [4.69, 9.17) is 0 Å². The Labute approximate surface area is 92.5 Å². The van der Waals surface area contributed by atoms with Gasteiger partial charge in [-0.2, -0.15) is 0 Å². The fraction of sp³-hybridized carbons (Fsp3) is 0.455. The molecule has 0 amide bonds. The van der Waals surface area contributed by atoms with Crippen molar-refractivity contribution in [1.29, 1.82) is 0 Å². The lowest BCUT2D eigenvalue weighted by atomic mass is 10.0. The standard InChI is InChI=1S/C11H14BrNO/c12-9-5-3-8(4-6-9)11(14)10-2-1-7-13-10/h3-6,10-11,13-14H,1-2,7H2/t10-,11?/m0/s1. The summed E-state index contributed by atoms with van der Waals surface area (Å²) < 4.78 is 1.05. The number of hydrogen-bond donors (Lipinski definition) is 2. The number of benzene rings is 1. The van der Waals surface area contributed by atoms with Gasteiger partial charge in [0.2, 0.25) is 0 Å². The molecule has 1 heterocycles. The molecule has 14 heavy (non-hydrogen) atoms. The van der Waals surface area contributed by atoms with E-state index in [1.54, 1.807) is 0 Å². The van der Waals surface area contributed by atoms with Crippen LogP contribution in [0, 0.1) is 0 Å². The van der Waals surface area contributed by atoms with Crippen molar-refractivity contribution in [2.75, 3.05) is 6.54 Å². The number of aliphatic hydroxyl groups excluding tert-OH is 1. The van der Waals surface area contributed by atoms with Crippen molar-refractivity contribution in [1.82, 2.24) is 5.32 Å². The Morgan fingerprint density at radius 2 is 2.07 bits per heavy atom. The molecule has 0 bridgehead atoms. The van der Waals surface area contributed by atoms with Crippen LogP contribution in [0.5, 0.6) is 0 Å². The third kappa shape index (κ3) is 2.16. The molecule has 2 nitrogen and oxygen atoms in total. The summed E-state index contributed by atoms with van der Waals surface area (Å²) >= 11 is 3.38. The highest BCUT2D eigenvalue weighted by Gasteiger charge is 2.23. The molecule has 0 radical (unpaired) electrons. The molecule has 0 saturated carbocycles. The molecule has 3 heteroatoms. The summed E-state index contributed by atoms with van der Waals surface area (Å²) in [6.07, 6.45) is 1.86. The van der Waals surface area contributed by atoms with Gasteiger partial charge in [0.25, 0.3) is 0 Å². The van der Waals surface area contributed by atoms with E-state index in [1.165, 1.54) is 0 Å². The summed E-state index contributed by atoms with van der Waals surface area (Å²) in [5, 5.41) is 13.3. The Morgan fingerprint density at radius 3 is 2.64 bits per heavy atom. The van der Waals surface area contributed by atoms with Crippen LogP contribution < -0.4 is 5.32 Å². The molecule has 1 fully saturated rings. The van der Waals surface area contributed by atoms with Crippen LogP contribution in [0.25, 0.3) is 0 Å². The molecular weight excluding hydrogens is 242 g/mol. The SMILES string of the molecule is OC(c1ccc(Br)cc1)[C@@H]1CCCN1. The van der Waals surface area contributed by atoms with Crippen LogP contribution in [0.4, 0.5) is 0 Å². The molecule has 1 aliphatic rings. The topological polar surface area (TPSA) is 32.3 Å². The number of rotatable bonds is 2. The smallest absolute Gasteiger partial charge is 0.0942 e. The third-order valence-corrected chi connectivity index (χ3v) is 3.22. The van der Waals surface area contributed by atoms with Gasteiger partial charge in [-0.15, -0.1) is 0 Å². The Bertz CT molecular complexity index is 293. The predicted molar refractivity (Wildman–Crippen MR) is 60.1 cm³/mol. The maximum Gasteiger partial charge on any atom is 0.0942 e. The van der Waals surface area contributed by atoms with Gasteiger partial charge in [0.1, 0.15) is 0 Å². The van der Waals surface area contributed by atoms with Gasteiger partial charge in [0.15, 0.2) is 0 Å². The van der Waals surface area contributed by atoms with Gasteiger partial charge in [-0.1, -0.05) is 28.1 Å². The van der Waals surface area contributed by atoms with Crippen LogP contribution in [-0.2, 0) is 0 Å². The van der Waals surface area contributed by atoms with Gasteiger partial charge in [0.05, 0.1) is 6.10 Å². The molecule has 1 aliphatic heterocycles. The highest BCUT2D eigenvalue weighted by Crippen LogP contribution is 2.23. The van der Waals surface area contributed by atoms with E-state index in [0.717, 1.165) is 29.4 Å². The monoisotopic (exact) mass is 255 g/mol. The molecule has 2 N–H and O–H groups in total. The van der Waals surface area contributed by atoms with E-state index in [0.29, 0.717) is 0 Å². The Balaban J connectivity index is 2.09. The quantitative estimate of drug-likeness (QED) is 0.850. The van der Waals surface area contributed by atoms with Crippen LogP contribution in [0.1, 0.15) is 24.5 Å². The average molecular weight is 256 g/mol. The van der Waals surface area contributed by atoms with Gasteiger partial charge >= 0.3 is 0 Å². The van der Waals surface area contributed by atoms with Gasteiger partial charge in [-0.25, -0.2) is 0 Å². The number of hydrogen-bond acceptors (Lipinski definition) is 2. The molecule has 0 spiro atoms. The third-order valence-electron chi connectivity index (χ3n) is 2.69. The van der Waals surface area contributed by atoms with Crippen molar-refractivity contribution in [2.45, 2.75) is 25.0 Å². The summed E-state index contributed by atoms with van der Waals surface area (Å²) in [7, 11) is 0. The van der Waals surface area contributed by atoms with Crippen LogP contribution in [0.3, 0.4) is 0 Å². The molecule has 76 valence electrons. The zero-order valence-corrected chi connectivity index (χ0v) is 9.50. The molecule has 1 unspecified atom stereocenters. The van der Waals surface area contributed by atoms with E-state index in [9.17, 15) is 5.11 Å². The summed E-state index contributed by atoms with van der Waals surface area (Å²) in [4.78, 5) is 0. The first-order valence-electron chi connectivity index (χ1n) is 4.94. The molecule has 1 saturated heterocycles. The minimum Gasteiger partial charge on any atom is -0.387 e. The largest absolute Gasteiger partial charge is 0.387 e. The summed E-state index contributed by atoms with van der Waals surface area (Å²) in [5.74, 6) is 0. The molecule has 0 aromatic heterocycles. The van der Waals surface area contributed by atoms with E-state index < -0.39 is 0 Å². The lowest BCUT2D eigenvalue weighted by Gasteiger charge is -2.18. The summed E-state index contributed by atoms with van der Waals surface area (Å²) in [5.41, 5.74) is 0.993. The molecule has 1 aromatic carbocycles. The minimum absolute atomic E-state index is 0.233. The van der Waals surface area contributed by atoms with E-state index >= 15 is 0 Å². The minimum atomic E-state index is -0.370. The van der Waals surface area contributed by atoms with Crippen LogP contribution in [0.2, 0.25) is 0 Å². The van der Waals surface area contributed by atoms with Gasteiger partial charge in [0, 0.05) is 10.5 Å². The highest BCUT2D eigenvalue weighted by atomic mass is 79.9. The number of nitrogens with one attached hydrogen (secondary N) is 1. The fourth-order valence-corrected chi connectivity index (χ4v) is 2.14. The Morgan fingerprint density at radius 1 is 1.36 bits per heavy atom. The maximum absolute atomic E-state index is 10.0. The van der Waals surface area contributed by atoms with Gasteiger partial charge < -0.3 is 10.4 Å². The first kappa shape index (κ1) is 10.1. The maximum atomic E-state index is 10.0. The molecule has 2 rings (SSSR count). The van der Waals surface area contributed by atoms with E-state index in [-0.39, 0.29) is 12.1 Å². The van der Waals surface area contributed by atoms with E-state index in [2.05, 4.69) is 21.2 Å². The summed E-state index contributed by atoms with van der Waals surface area (Å²) in [6, 6.07) is 8.10. The second kappa shape index (κ2) is 4.43. The van der Waals surface area contributed by atoms with Crippen molar-refractivity contribution in [3.05, 3.63) is 34.3 Å². The van der Waals surface area contributed by atoms with E-state index in [1.807, 2.05) is 24.3 Å². The van der Waals surface area contributed by atoms with Crippen molar-refractivity contribution in [2.24, 2.45) is 0 Å². The zero-order chi connectivity index (χ0) is 9.97. The first-order chi connectivity index (χ1) is 6.77. The fourth-order valence-electron chi connectivity index (χ4n) is 1.87. The number of aliphatic hydroxyl groups is 1. The van der Waals surface area contributed by atoms with Crippen LogP contribution in [0.15, 0.2) is 28.7 Å². The summed E-state index contributed by atoms with van der Waals surface area (Å²) in [6.45, 7) is 1.03. The zero-order valence-electron chi connectivity index (χ0n) is 7.91. The molecule has 0 aliphatic carbocycles. The first-order valence-corrected chi connectivity index (χ1v) is 5.73. The molecular formula is C11H14BrNO. The Hall–Kier alpha value is -0.380. The van der Waals surface area contributed by atoms with Crippen molar-refractivity contribution in [3.8, 4) is 0 Å². The van der Waals surface area contributed by atoms with Crippen LogP contribution >= 0.6 is 15.9 Å². The predicted octanol–water partition coefficient (Wildman–Crippen LogP) is 2.23. The van der Waals surface area contributed by atoms with Crippen molar-refractivity contribution < 1.29 is 5.11 Å². The van der Waals surface area contributed by atoms with Crippen molar-refractivity contribution >= 4 is 15.9 Å². The van der Waals surface area contributed by atoms with Crippen LogP contribution in [-0.4, -0.2) is 17.7 Å². The average Bonchev–Trinajstić information content (AvgIpc) is 2.71. The second-order valence-corrected chi connectivity index (χ2v) is 4.61. The highest BCUT2D eigenvalue weighted by molar-refractivity contribution is 9.10. The lowest BCUT2D eigenvalue weighted by molar-refractivity contribution is 0.137. The normalized spacial score (nSPS) is 23.7. The second-order valence-electron chi connectivity index (χ2n) is 3.70. The van der Waals surface area contributed by atoms with Gasteiger partial charge in [-0.3, -0.25) is 0 Å². The van der Waals surface area contributed by atoms with Crippen molar-refractivity contribution in [3.63, 3.8) is 0 Å². The van der Waals surface area contributed by atoms with Gasteiger partial charge in [-0.05, 0) is 37.1 Å². The lowest BCUT2D eigenvalue weighted by Crippen LogP contribution is -2.28. The number of halogens is 1. The molecule has 2 atom stereocenters. The Kier molecular flexibility index (Phi) is 3.21. The molecule has 1 aromatic rings.